The Morgan fingerprint density at radius 1 is 1.00 bits per heavy atom. The van der Waals surface area contributed by atoms with E-state index in [0.29, 0.717) is 27.3 Å². The molecule has 7 nitrogen and oxygen atoms in total. The highest BCUT2D eigenvalue weighted by molar-refractivity contribution is 7.95. The van der Waals surface area contributed by atoms with Crippen molar-refractivity contribution < 1.29 is 26.9 Å². The largest absolute Gasteiger partial charge is 0.497 e. The quantitative estimate of drug-likeness (QED) is 0.579. The number of rotatable bonds is 6. The molecule has 27 heavy (non-hydrogen) atoms. The first kappa shape index (κ1) is 19.1. The van der Waals surface area contributed by atoms with Crippen LogP contribution in [0.3, 0.4) is 0 Å². The lowest BCUT2D eigenvalue weighted by molar-refractivity contribution is -0.130. The molecule has 0 aliphatic rings. The minimum Gasteiger partial charge on any atom is -0.497 e. The predicted octanol–water partition coefficient (Wildman–Crippen LogP) is 3.47. The Kier molecular flexibility index (Phi) is 5.33. The van der Waals surface area contributed by atoms with Crippen molar-refractivity contribution in [2.75, 3.05) is 14.2 Å². The Balaban J connectivity index is 2.15. The van der Waals surface area contributed by atoms with Gasteiger partial charge in [0.1, 0.15) is 11.5 Å². The molecule has 142 valence electrons. The van der Waals surface area contributed by atoms with Crippen molar-refractivity contribution in [3.8, 4) is 11.5 Å². The van der Waals surface area contributed by atoms with Crippen LogP contribution in [0.25, 0.3) is 10.9 Å². The number of hydrogen-bond acceptors (Lipinski definition) is 7. The van der Waals surface area contributed by atoms with Crippen LogP contribution in [-0.4, -0.2) is 32.6 Å². The van der Waals surface area contributed by atoms with Gasteiger partial charge in [0.15, 0.2) is 0 Å². The number of carbonyl (C=O) groups is 1. The highest BCUT2D eigenvalue weighted by Crippen LogP contribution is 2.35. The molecule has 0 aliphatic heterocycles. The third kappa shape index (κ3) is 3.74. The predicted molar refractivity (Wildman–Crippen MR) is 102 cm³/mol. The van der Waals surface area contributed by atoms with Crippen molar-refractivity contribution in [1.29, 1.82) is 0 Å². The van der Waals surface area contributed by atoms with E-state index in [4.69, 9.17) is 13.7 Å². The Morgan fingerprint density at radius 2 is 1.63 bits per heavy atom. The molecule has 9 heteroatoms. The summed E-state index contributed by atoms with van der Waals surface area (Å²) in [5.74, 6) is 0.635. The molecule has 0 amide bonds. The van der Waals surface area contributed by atoms with E-state index in [1.165, 1.54) is 39.5 Å². The van der Waals surface area contributed by atoms with Gasteiger partial charge >= 0.3 is 5.97 Å². The van der Waals surface area contributed by atoms with Gasteiger partial charge in [0, 0.05) is 18.5 Å². The van der Waals surface area contributed by atoms with E-state index in [1.807, 2.05) is 0 Å². The Morgan fingerprint density at radius 3 is 2.22 bits per heavy atom. The monoisotopic (exact) mass is 407 g/mol. The zero-order valence-corrected chi connectivity index (χ0v) is 16.5. The molecule has 0 radical (unpaired) electrons. The summed E-state index contributed by atoms with van der Waals surface area (Å²) in [6.45, 7) is 1.28. The van der Waals surface area contributed by atoms with Gasteiger partial charge in [0.25, 0.3) is 10.0 Å². The zero-order chi connectivity index (χ0) is 19.6. The van der Waals surface area contributed by atoms with Crippen LogP contribution < -0.4 is 9.47 Å². The maximum Gasteiger partial charge on any atom is 0.315 e. The number of fused-ring (bicyclic) bond motifs is 1. The molecule has 0 unspecified atom stereocenters. The minimum absolute atomic E-state index is 0.111. The van der Waals surface area contributed by atoms with Gasteiger partial charge in [-0.25, -0.2) is 12.4 Å². The fraction of sp³-hybridized carbons (Fsp3) is 0.167. The number of carbonyl (C=O) groups excluding carboxylic acids is 1. The molecule has 0 saturated carbocycles. The molecule has 2 aromatic carbocycles. The lowest BCUT2D eigenvalue weighted by Gasteiger charge is -2.08. The average Bonchev–Trinajstić information content (AvgIpc) is 3.05. The second-order valence-corrected chi connectivity index (χ2v) is 8.10. The van der Waals surface area contributed by atoms with Crippen LogP contribution in [0.2, 0.25) is 0 Å². The van der Waals surface area contributed by atoms with Crippen LogP contribution in [0.15, 0.2) is 58.5 Å². The van der Waals surface area contributed by atoms with Gasteiger partial charge in [0.05, 0.1) is 41.6 Å². The van der Waals surface area contributed by atoms with Crippen LogP contribution in [0.1, 0.15) is 6.92 Å². The van der Waals surface area contributed by atoms with E-state index >= 15 is 0 Å². The molecular formula is C18H17NO6S2. The molecule has 0 fully saturated rings. The Labute approximate surface area is 161 Å². The number of benzene rings is 2. The van der Waals surface area contributed by atoms with E-state index in [2.05, 4.69) is 0 Å². The molecule has 0 saturated heterocycles. The standard InChI is InChI=1S/C18H17NO6S2/c1-12(20)25-26-18-11-19(17-9-6-14(24-3)10-16(17)18)27(21,22)15-7-4-13(23-2)5-8-15/h4-11H,1-3H3. The van der Waals surface area contributed by atoms with Gasteiger partial charge in [-0.05, 0) is 42.5 Å². The van der Waals surface area contributed by atoms with Crippen molar-refractivity contribution in [2.45, 2.75) is 16.7 Å². The van der Waals surface area contributed by atoms with Gasteiger partial charge in [-0.15, -0.1) is 0 Å². The number of nitrogens with zero attached hydrogens (tertiary/aromatic N) is 1. The zero-order valence-electron chi connectivity index (χ0n) is 14.8. The maximum absolute atomic E-state index is 13.1. The summed E-state index contributed by atoms with van der Waals surface area (Å²) in [5.41, 5.74) is 0.446. The molecular weight excluding hydrogens is 390 g/mol. The normalized spacial score (nSPS) is 11.4. The Hall–Kier alpha value is -2.65. The van der Waals surface area contributed by atoms with E-state index in [0.717, 1.165) is 16.0 Å². The van der Waals surface area contributed by atoms with E-state index in [-0.39, 0.29) is 4.90 Å². The SMILES string of the molecule is COc1ccc(S(=O)(=O)n2cc(SOC(C)=O)c3cc(OC)ccc32)cc1. The highest BCUT2D eigenvalue weighted by atomic mass is 32.2. The van der Waals surface area contributed by atoms with E-state index in [9.17, 15) is 13.2 Å². The highest BCUT2D eigenvalue weighted by Gasteiger charge is 2.22. The summed E-state index contributed by atoms with van der Waals surface area (Å²) in [6.07, 6.45) is 1.43. The summed E-state index contributed by atoms with van der Waals surface area (Å²) in [7, 11) is -0.834. The lowest BCUT2D eigenvalue weighted by Crippen LogP contribution is -2.11. The van der Waals surface area contributed by atoms with Crippen LogP contribution in [0.5, 0.6) is 11.5 Å². The number of aromatic nitrogens is 1. The number of methoxy groups -OCH3 is 2. The smallest absolute Gasteiger partial charge is 0.315 e. The summed E-state index contributed by atoms with van der Waals surface area (Å²) in [5, 5.41) is 0.595. The third-order valence-corrected chi connectivity index (χ3v) is 6.32. The minimum atomic E-state index is -3.86. The molecule has 1 heterocycles. The molecule has 0 aliphatic carbocycles. The van der Waals surface area contributed by atoms with Crippen LogP contribution in [-0.2, 0) is 19.0 Å². The van der Waals surface area contributed by atoms with Crippen LogP contribution in [0, 0.1) is 0 Å². The van der Waals surface area contributed by atoms with Gasteiger partial charge in [-0.3, -0.25) is 4.79 Å². The first-order chi connectivity index (χ1) is 12.9. The molecule has 3 aromatic rings. The maximum atomic E-state index is 13.1. The topological polar surface area (TPSA) is 83.8 Å². The molecule has 3 rings (SSSR count). The lowest BCUT2D eigenvalue weighted by atomic mass is 10.2. The van der Waals surface area contributed by atoms with E-state index in [1.54, 1.807) is 30.3 Å². The summed E-state index contributed by atoms with van der Waals surface area (Å²) in [6, 6.07) is 11.1. The molecule has 0 atom stereocenters. The number of hydrogen-bond donors (Lipinski definition) is 0. The van der Waals surface area contributed by atoms with Crippen molar-refractivity contribution in [1.82, 2.24) is 3.97 Å². The fourth-order valence-electron chi connectivity index (χ4n) is 2.51. The summed E-state index contributed by atoms with van der Waals surface area (Å²) in [4.78, 5) is 11.8. The van der Waals surface area contributed by atoms with Crippen molar-refractivity contribution in [3.63, 3.8) is 0 Å². The molecule has 0 N–H and O–H groups in total. The molecule has 0 spiro atoms. The average molecular weight is 407 g/mol. The molecule has 1 aromatic heterocycles. The summed E-state index contributed by atoms with van der Waals surface area (Å²) >= 11 is 0.805. The van der Waals surface area contributed by atoms with Gasteiger partial charge in [-0.2, -0.15) is 0 Å². The van der Waals surface area contributed by atoms with Gasteiger partial charge in [0.2, 0.25) is 0 Å². The Bertz CT molecular complexity index is 1090. The third-order valence-electron chi connectivity index (χ3n) is 3.81. The number of ether oxygens (including phenoxy) is 2. The van der Waals surface area contributed by atoms with Gasteiger partial charge < -0.3 is 13.7 Å². The second-order valence-electron chi connectivity index (χ2n) is 5.51. The van der Waals surface area contributed by atoms with Gasteiger partial charge in [-0.1, -0.05) is 0 Å². The second kappa shape index (κ2) is 7.53. The van der Waals surface area contributed by atoms with Crippen molar-refractivity contribution in [3.05, 3.63) is 48.7 Å². The van der Waals surface area contributed by atoms with E-state index < -0.39 is 16.0 Å². The van der Waals surface area contributed by atoms with Crippen molar-refractivity contribution in [2.24, 2.45) is 0 Å². The fourth-order valence-corrected chi connectivity index (χ4v) is 4.55. The van der Waals surface area contributed by atoms with Crippen LogP contribution >= 0.6 is 12.0 Å². The first-order valence-corrected chi connectivity index (χ1v) is 9.99. The summed E-state index contributed by atoms with van der Waals surface area (Å²) < 4.78 is 42.7. The first-order valence-electron chi connectivity index (χ1n) is 7.80. The molecule has 0 bridgehead atoms. The van der Waals surface area contributed by atoms with Crippen LogP contribution in [0.4, 0.5) is 0 Å². The van der Waals surface area contributed by atoms with Crippen molar-refractivity contribution >= 4 is 38.9 Å².